The topological polar surface area (TPSA) is 61.8 Å². The molecule has 1 aromatic rings. The smallest absolute Gasteiger partial charge is 0.410 e. The van der Waals surface area contributed by atoms with E-state index < -0.39 is 16.8 Å². The first-order chi connectivity index (χ1) is 14.2. The van der Waals surface area contributed by atoms with Crippen LogP contribution in [0.3, 0.4) is 0 Å². The fraction of sp³-hybridized carbons (Fsp3) is 0.708. The van der Waals surface area contributed by atoms with E-state index in [2.05, 4.69) is 12.1 Å². The van der Waals surface area contributed by atoms with Crippen molar-refractivity contribution in [2.24, 2.45) is 5.92 Å². The van der Waals surface area contributed by atoms with Crippen molar-refractivity contribution < 1.29 is 18.8 Å². The van der Waals surface area contributed by atoms with Gasteiger partial charge in [-0.2, -0.15) is 0 Å². The Hall–Kier alpha value is -1.24. The molecule has 0 radical (unpaired) electrons. The van der Waals surface area contributed by atoms with Gasteiger partial charge in [-0.05, 0) is 100 Å². The Labute approximate surface area is 184 Å². The van der Waals surface area contributed by atoms with E-state index in [0.29, 0.717) is 17.9 Å². The number of piperidine rings is 1. The van der Waals surface area contributed by atoms with Crippen molar-refractivity contribution in [1.82, 2.24) is 4.90 Å². The molecule has 0 spiro atoms. The molecule has 1 aliphatic carbocycles. The van der Waals surface area contributed by atoms with Crippen LogP contribution in [0.1, 0.15) is 70.8 Å². The lowest BCUT2D eigenvalue weighted by Crippen LogP contribution is -2.42. The van der Waals surface area contributed by atoms with E-state index in [0.717, 1.165) is 63.1 Å². The molecule has 0 N–H and O–H groups in total. The molecule has 1 heterocycles. The second-order valence-corrected chi connectivity index (χ2v) is 11.1. The quantitative estimate of drug-likeness (QED) is 0.603. The number of carbonyl (C=O) groups is 1. The van der Waals surface area contributed by atoms with Gasteiger partial charge in [0, 0.05) is 19.7 Å². The molecule has 1 aliphatic heterocycles. The van der Waals surface area contributed by atoms with Crippen molar-refractivity contribution >= 4 is 17.3 Å². The van der Waals surface area contributed by atoms with Gasteiger partial charge in [0.05, 0.1) is 6.10 Å². The molecule has 1 atom stereocenters. The highest BCUT2D eigenvalue weighted by molar-refractivity contribution is 7.90. The first-order valence-electron chi connectivity index (χ1n) is 11.2. The predicted octanol–water partition coefficient (Wildman–Crippen LogP) is 5.11. The van der Waals surface area contributed by atoms with Crippen molar-refractivity contribution in [2.45, 2.75) is 81.8 Å². The number of amides is 1. The lowest BCUT2D eigenvalue weighted by Gasteiger charge is -2.34. The molecule has 1 aromatic carbocycles. The van der Waals surface area contributed by atoms with Crippen molar-refractivity contribution in [2.75, 3.05) is 26.0 Å². The zero-order valence-electron chi connectivity index (χ0n) is 18.9. The Kier molecular flexibility index (Phi) is 8.11. The van der Waals surface area contributed by atoms with E-state index in [-0.39, 0.29) is 6.09 Å². The Balaban J connectivity index is 1.35. The van der Waals surface area contributed by atoms with Crippen molar-refractivity contribution in [3.63, 3.8) is 0 Å². The van der Waals surface area contributed by atoms with E-state index >= 15 is 0 Å². The van der Waals surface area contributed by atoms with Gasteiger partial charge < -0.3 is 18.9 Å². The van der Waals surface area contributed by atoms with Gasteiger partial charge in [0.25, 0.3) is 0 Å². The number of likely N-dealkylation sites (tertiary alicyclic amines) is 1. The van der Waals surface area contributed by atoms with E-state index in [9.17, 15) is 9.35 Å². The molecule has 5 nitrogen and oxygen atoms in total. The van der Waals surface area contributed by atoms with Crippen LogP contribution in [0.4, 0.5) is 4.79 Å². The minimum Gasteiger partial charge on any atom is -0.612 e. The summed E-state index contributed by atoms with van der Waals surface area (Å²) in [6.45, 7) is 8.03. The number of hydrogen-bond donors (Lipinski definition) is 0. The Morgan fingerprint density at radius 3 is 2.20 bits per heavy atom. The number of rotatable bonds is 5. The van der Waals surface area contributed by atoms with Crippen LogP contribution < -0.4 is 0 Å². The lowest BCUT2D eigenvalue weighted by molar-refractivity contribution is -0.0143. The average Bonchev–Trinajstić information content (AvgIpc) is 2.72. The van der Waals surface area contributed by atoms with Crippen LogP contribution in [-0.4, -0.2) is 53.2 Å². The highest BCUT2D eigenvalue weighted by atomic mass is 32.2. The molecule has 3 rings (SSSR count). The third-order valence-electron chi connectivity index (χ3n) is 6.19. The predicted molar refractivity (Wildman–Crippen MR) is 120 cm³/mol. The molecule has 168 valence electrons. The Bertz CT molecular complexity index is 669. The van der Waals surface area contributed by atoms with Crippen LogP contribution in [-0.2, 0) is 20.6 Å². The third-order valence-corrected chi connectivity index (χ3v) is 7.13. The summed E-state index contributed by atoms with van der Waals surface area (Å²) in [5.74, 6) is 1.12. The van der Waals surface area contributed by atoms with Crippen LogP contribution in [0.2, 0.25) is 0 Å². The maximum atomic E-state index is 12.2. The summed E-state index contributed by atoms with van der Waals surface area (Å²) in [4.78, 5) is 14.9. The molecule has 1 saturated heterocycles. The van der Waals surface area contributed by atoms with Gasteiger partial charge in [-0.1, -0.05) is 12.1 Å². The van der Waals surface area contributed by atoms with E-state index in [1.54, 1.807) is 6.26 Å². The Morgan fingerprint density at radius 1 is 1.07 bits per heavy atom. The van der Waals surface area contributed by atoms with Gasteiger partial charge in [0.1, 0.15) is 11.9 Å². The van der Waals surface area contributed by atoms with Crippen LogP contribution in [0.15, 0.2) is 29.2 Å². The molecular formula is C24H37NO4S. The average molecular weight is 436 g/mol. The largest absolute Gasteiger partial charge is 0.612 e. The van der Waals surface area contributed by atoms with Crippen LogP contribution in [0.25, 0.3) is 0 Å². The summed E-state index contributed by atoms with van der Waals surface area (Å²) in [5.41, 5.74) is 0.921. The zero-order valence-corrected chi connectivity index (χ0v) is 19.7. The number of hydrogen-bond acceptors (Lipinski definition) is 4. The number of carbonyl (C=O) groups excluding carboxylic acids is 1. The number of benzene rings is 1. The van der Waals surface area contributed by atoms with Crippen LogP contribution in [0.5, 0.6) is 0 Å². The van der Waals surface area contributed by atoms with Crippen molar-refractivity contribution in [3.05, 3.63) is 29.8 Å². The van der Waals surface area contributed by atoms with Gasteiger partial charge in [0.15, 0.2) is 4.90 Å². The molecule has 1 amide bonds. The first-order valence-corrected chi connectivity index (χ1v) is 12.8. The molecule has 1 unspecified atom stereocenters. The molecule has 2 aliphatic rings. The fourth-order valence-corrected chi connectivity index (χ4v) is 4.89. The number of ether oxygens (including phenoxy) is 2. The molecule has 2 fully saturated rings. The summed E-state index contributed by atoms with van der Waals surface area (Å²) in [5, 5.41) is 0. The molecule has 0 bridgehead atoms. The van der Waals surface area contributed by atoms with E-state index in [1.165, 1.54) is 5.56 Å². The van der Waals surface area contributed by atoms with Crippen LogP contribution >= 0.6 is 0 Å². The van der Waals surface area contributed by atoms with Crippen molar-refractivity contribution in [1.29, 1.82) is 0 Å². The normalized spacial score (nSPS) is 24.5. The standard InChI is InChI=1S/C24H37NO4S/c1-24(2,3)29-23(26)25-15-13-18(14-16-25)17-28-21-9-5-19(6-10-21)20-7-11-22(12-8-20)30(4)27/h7-8,11-12,18-19,21H,5-6,9-10,13-17H2,1-4H3/t19-,21-,30?. The first kappa shape index (κ1) is 23.4. The SMILES string of the molecule is C[S+]([O-])c1ccc([C@H]2CC[C@H](OCC3CCN(C(=O)OC(C)(C)C)CC3)CC2)cc1. The monoisotopic (exact) mass is 435 g/mol. The lowest BCUT2D eigenvalue weighted by atomic mass is 9.82. The van der Waals surface area contributed by atoms with Gasteiger partial charge in [-0.15, -0.1) is 0 Å². The minimum absolute atomic E-state index is 0.196. The molecule has 30 heavy (non-hydrogen) atoms. The second-order valence-electron chi connectivity index (χ2n) is 9.74. The highest BCUT2D eigenvalue weighted by Crippen LogP contribution is 2.35. The summed E-state index contributed by atoms with van der Waals surface area (Å²) < 4.78 is 23.3. The minimum atomic E-state index is -0.912. The molecular weight excluding hydrogens is 398 g/mol. The fourth-order valence-electron chi connectivity index (χ4n) is 4.38. The molecule has 6 heteroatoms. The van der Waals surface area contributed by atoms with E-state index in [4.69, 9.17) is 9.47 Å². The van der Waals surface area contributed by atoms with Gasteiger partial charge in [-0.25, -0.2) is 4.79 Å². The summed E-state index contributed by atoms with van der Waals surface area (Å²) >= 11 is -0.912. The summed E-state index contributed by atoms with van der Waals surface area (Å²) in [7, 11) is 0. The van der Waals surface area contributed by atoms with Gasteiger partial charge in [-0.3, -0.25) is 0 Å². The molecule has 1 saturated carbocycles. The third kappa shape index (κ3) is 6.89. The van der Waals surface area contributed by atoms with Crippen molar-refractivity contribution in [3.8, 4) is 0 Å². The zero-order chi connectivity index (χ0) is 21.7. The molecule has 0 aromatic heterocycles. The van der Waals surface area contributed by atoms with Crippen LogP contribution in [0, 0.1) is 5.92 Å². The Morgan fingerprint density at radius 2 is 1.67 bits per heavy atom. The van der Waals surface area contributed by atoms with Gasteiger partial charge >= 0.3 is 6.09 Å². The maximum absolute atomic E-state index is 12.2. The maximum Gasteiger partial charge on any atom is 0.410 e. The number of nitrogens with zero attached hydrogens (tertiary/aromatic N) is 1. The van der Waals surface area contributed by atoms with E-state index in [1.807, 2.05) is 37.8 Å². The highest BCUT2D eigenvalue weighted by Gasteiger charge is 2.28. The second kappa shape index (κ2) is 10.4. The summed E-state index contributed by atoms with van der Waals surface area (Å²) in [6.07, 6.45) is 8.35. The van der Waals surface area contributed by atoms with Gasteiger partial charge in [0.2, 0.25) is 0 Å². The summed E-state index contributed by atoms with van der Waals surface area (Å²) in [6, 6.07) is 8.28.